The molecular weight excluding hydrogens is 483 g/mol. The fourth-order valence-corrected chi connectivity index (χ4v) is 3.70. The van der Waals surface area contributed by atoms with Gasteiger partial charge in [0.25, 0.3) is 0 Å². The number of oxazole rings is 1. The van der Waals surface area contributed by atoms with Gasteiger partial charge < -0.3 is 15.1 Å². The van der Waals surface area contributed by atoms with Crippen LogP contribution in [-0.2, 0) is 12.3 Å². The molecule has 7 heteroatoms. The van der Waals surface area contributed by atoms with Crippen LogP contribution < -0.4 is 10.6 Å². The summed E-state index contributed by atoms with van der Waals surface area (Å²) in [6, 6.07) is 15.1. The predicted octanol–water partition coefficient (Wildman–Crippen LogP) is 4.66. The monoisotopic (exact) mass is 510 g/mol. The van der Waals surface area contributed by atoms with Gasteiger partial charge in [-0.25, -0.2) is 4.98 Å². The van der Waals surface area contributed by atoms with Crippen molar-refractivity contribution >= 4 is 52.5 Å². The van der Waals surface area contributed by atoms with Gasteiger partial charge in [0.2, 0.25) is 5.89 Å². The molecule has 0 atom stereocenters. The lowest BCUT2D eigenvalue weighted by Gasteiger charge is -2.11. The molecule has 1 aromatic heterocycles. The van der Waals surface area contributed by atoms with E-state index in [-0.39, 0.29) is 24.0 Å². The highest BCUT2D eigenvalue weighted by Gasteiger charge is 2.06. The quantitative estimate of drug-likeness (QED) is 0.210. The second kappa shape index (κ2) is 11.3. The highest BCUT2D eigenvalue weighted by molar-refractivity contribution is 14.0. The lowest BCUT2D eigenvalue weighted by atomic mass is 10.1. The van der Waals surface area contributed by atoms with Crippen molar-refractivity contribution in [1.82, 2.24) is 15.6 Å². The number of nitrogens with one attached hydrogen (secondary N) is 2. The maximum atomic E-state index is 5.58. The third-order valence-electron chi connectivity index (χ3n) is 4.38. The van der Waals surface area contributed by atoms with E-state index in [9.17, 15) is 0 Å². The Morgan fingerprint density at radius 1 is 1.11 bits per heavy atom. The predicted molar refractivity (Wildman–Crippen MR) is 130 cm³/mol. The average Bonchev–Trinajstić information content (AvgIpc) is 3.01. The van der Waals surface area contributed by atoms with Crippen LogP contribution in [0.3, 0.4) is 0 Å². The van der Waals surface area contributed by atoms with Crippen molar-refractivity contribution in [1.29, 1.82) is 0 Å². The van der Waals surface area contributed by atoms with Gasteiger partial charge in [0, 0.05) is 25.1 Å². The Bertz CT molecular complexity index is 901. The number of thioether (sulfide) groups is 1. The summed E-state index contributed by atoms with van der Waals surface area (Å²) in [7, 11) is 1.77. The van der Waals surface area contributed by atoms with Gasteiger partial charge in [-0.1, -0.05) is 42.5 Å². The lowest BCUT2D eigenvalue weighted by molar-refractivity contribution is 0.464. The van der Waals surface area contributed by atoms with E-state index >= 15 is 0 Å². The van der Waals surface area contributed by atoms with Crippen LogP contribution in [-0.4, -0.2) is 30.3 Å². The lowest BCUT2D eigenvalue weighted by Crippen LogP contribution is -2.38. The van der Waals surface area contributed by atoms with Crippen molar-refractivity contribution in [3.63, 3.8) is 0 Å². The SMILES string of the molecule is CN=C(NCCSCc1cccc2ccccc12)NCc1nc(C)c(C)o1.I. The molecule has 0 aliphatic heterocycles. The van der Waals surface area contributed by atoms with Crippen LogP contribution in [0, 0.1) is 13.8 Å². The smallest absolute Gasteiger partial charge is 0.214 e. The fraction of sp³-hybridized carbons (Fsp3) is 0.333. The Hall–Kier alpha value is -1.74. The Balaban J connectivity index is 0.00000280. The number of rotatable bonds is 7. The molecule has 1 heterocycles. The topological polar surface area (TPSA) is 62.5 Å². The second-order valence-electron chi connectivity index (χ2n) is 6.29. The molecule has 0 spiro atoms. The molecule has 28 heavy (non-hydrogen) atoms. The van der Waals surface area contributed by atoms with Gasteiger partial charge in [0.15, 0.2) is 5.96 Å². The largest absolute Gasteiger partial charge is 0.444 e. The summed E-state index contributed by atoms with van der Waals surface area (Å²) >= 11 is 1.92. The highest BCUT2D eigenvalue weighted by atomic mass is 127. The number of guanidine groups is 1. The fourth-order valence-electron chi connectivity index (χ4n) is 2.84. The number of halogens is 1. The molecule has 0 fully saturated rings. The van der Waals surface area contributed by atoms with E-state index in [1.165, 1.54) is 16.3 Å². The Morgan fingerprint density at radius 3 is 2.64 bits per heavy atom. The summed E-state index contributed by atoms with van der Waals surface area (Å²) in [6.45, 7) is 5.24. The number of fused-ring (bicyclic) bond motifs is 1. The van der Waals surface area contributed by atoms with Gasteiger partial charge in [-0.15, -0.1) is 24.0 Å². The van der Waals surface area contributed by atoms with Crippen molar-refractivity contribution in [2.75, 3.05) is 19.3 Å². The van der Waals surface area contributed by atoms with Crippen molar-refractivity contribution in [2.45, 2.75) is 26.1 Å². The van der Waals surface area contributed by atoms with E-state index in [1.807, 2.05) is 25.6 Å². The van der Waals surface area contributed by atoms with Gasteiger partial charge in [0.05, 0.1) is 12.2 Å². The Labute approximate surface area is 187 Å². The van der Waals surface area contributed by atoms with Gasteiger partial charge in [-0.05, 0) is 30.2 Å². The van der Waals surface area contributed by atoms with Crippen LogP contribution in [0.25, 0.3) is 10.8 Å². The summed E-state index contributed by atoms with van der Waals surface area (Å²) < 4.78 is 5.58. The van der Waals surface area contributed by atoms with E-state index in [2.05, 4.69) is 63.1 Å². The molecule has 0 saturated heterocycles. The standard InChI is InChI=1S/C21H26N4OS.HI/c1-15-16(2)26-20(25-15)13-24-21(22-3)23-11-12-27-14-18-9-6-8-17-7-4-5-10-19(17)18;/h4-10H,11-14H2,1-3H3,(H2,22,23,24);1H. The van der Waals surface area contributed by atoms with E-state index in [0.29, 0.717) is 12.4 Å². The molecule has 0 aliphatic rings. The first-order valence-corrected chi connectivity index (χ1v) is 10.2. The molecule has 0 saturated carbocycles. The van der Waals surface area contributed by atoms with Crippen molar-refractivity contribution in [3.05, 3.63) is 65.4 Å². The number of aliphatic imine (C=N–C) groups is 1. The summed E-state index contributed by atoms with van der Waals surface area (Å²) in [5.41, 5.74) is 2.31. The number of hydrogen-bond acceptors (Lipinski definition) is 4. The molecule has 5 nitrogen and oxygen atoms in total. The van der Waals surface area contributed by atoms with E-state index in [1.54, 1.807) is 7.05 Å². The first kappa shape index (κ1) is 22.5. The van der Waals surface area contributed by atoms with Crippen LogP contribution in [0.5, 0.6) is 0 Å². The summed E-state index contributed by atoms with van der Waals surface area (Å²) in [5.74, 6) is 4.30. The molecule has 0 amide bonds. The van der Waals surface area contributed by atoms with Gasteiger partial charge in [-0.2, -0.15) is 11.8 Å². The van der Waals surface area contributed by atoms with E-state index < -0.39 is 0 Å². The van der Waals surface area contributed by atoms with Crippen molar-refractivity contribution < 1.29 is 4.42 Å². The maximum absolute atomic E-state index is 5.58. The molecule has 2 aromatic carbocycles. The number of aryl methyl sites for hydroxylation is 2. The third-order valence-corrected chi connectivity index (χ3v) is 5.39. The van der Waals surface area contributed by atoms with Crippen LogP contribution in [0.2, 0.25) is 0 Å². The van der Waals surface area contributed by atoms with Crippen molar-refractivity contribution in [2.24, 2.45) is 4.99 Å². The highest BCUT2D eigenvalue weighted by Crippen LogP contribution is 2.22. The van der Waals surface area contributed by atoms with Crippen LogP contribution >= 0.6 is 35.7 Å². The van der Waals surface area contributed by atoms with E-state index in [0.717, 1.165) is 35.5 Å². The second-order valence-corrected chi connectivity index (χ2v) is 7.40. The number of nitrogens with zero attached hydrogens (tertiary/aromatic N) is 2. The van der Waals surface area contributed by atoms with Crippen LogP contribution in [0.4, 0.5) is 0 Å². The maximum Gasteiger partial charge on any atom is 0.214 e. The minimum absolute atomic E-state index is 0. The number of benzene rings is 2. The molecule has 2 N–H and O–H groups in total. The number of aromatic nitrogens is 1. The Kier molecular flexibility index (Phi) is 9.11. The molecule has 150 valence electrons. The third kappa shape index (κ3) is 6.13. The zero-order valence-corrected chi connectivity index (χ0v) is 19.6. The molecule has 0 unspecified atom stereocenters. The average molecular weight is 510 g/mol. The first-order chi connectivity index (χ1) is 13.2. The van der Waals surface area contributed by atoms with Gasteiger partial charge >= 0.3 is 0 Å². The van der Waals surface area contributed by atoms with Gasteiger partial charge in [-0.3, -0.25) is 4.99 Å². The zero-order valence-electron chi connectivity index (χ0n) is 16.5. The van der Waals surface area contributed by atoms with Crippen LogP contribution in [0.1, 0.15) is 22.9 Å². The molecule has 0 aliphatic carbocycles. The molecule has 0 bridgehead atoms. The summed E-state index contributed by atoms with van der Waals surface area (Å²) in [6.07, 6.45) is 0. The molecular formula is C21H27IN4OS. The minimum Gasteiger partial charge on any atom is -0.444 e. The van der Waals surface area contributed by atoms with Crippen molar-refractivity contribution in [3.8, 4) is 0 Å². The molecule has 3 rings (SSSR count). The van der Waals surface area contributed by atoms with Gasteiger partial charge in [0.1, 0.15) is 5.76 Å². The summed E-state index contributed by atoms with van der Waals surface area (Å²) in [5, 5.41) is 9.21. The number of hydrogen-bond donors (Lipinski definition) is 2. The minimum atomic E-state index is 0. The molecule has 0 radical (unpaired) electrons. The van der Waals surface area contributed by atoms with E-state index in [4.69, 9.17) is 4.42 Å². The summed E-state index contributed by atoms with van der Waals surface area (Å²) in [4.78, 5) is 8.61. The molecule has 3 aromatic rings. The zero-order chi connectivity index (χ0) is 19.1. The van der Waals surface area contributed by atoms with Crippen LogP contribution in [0.15, 0.2) is 51.9 Å². The Morgan fingerprint density at radius 2 is 1.89 bits per heavy atom. The normalized spacial score (nSPS) is 11.3. The first-order valence-electron chi connectivity index (χ1n) is 9.09.